The SMILES string of the molecule is O=C(NCC(O)c1ccc2c(c1)CCO2)c1cccc(F)c1. The van der Waals surface area contributed by atoms with E-state index >= 15 is 0 Å². The van der Waals surface area contributed by atoms with Crippen LogP contribution in [0, 0.1) is 5.82 Å². The molecular formula is C17H16FNO3. The number of hydrogen-bond donors (Lipinski definition) is 2. The van der Waals surface area contributed by atoms with Crippen LogP contribution in [0.2, 0.25) is 0 Å². The predicted octanol–water partition coefficient (Wildman–Crippen LogP) is 2.22. The van der Waals surface area contributed by atoms with Gasteiger partial charge in [-0.2, -0.15) is 0 Å². The Bertz CT molecular complexity index is 702. The summed E-state index contributed by atoms with van der Waals surface area (Å²) in [5.74, 6) is -0.0328. The first-order chi connectivity index (χ1) is 10.6. The molecule has 2 aromatic carbocycles. The molecule has 2 N–H and O–H groups in total. The van der Waals surface area contributed by atoms with E-state index < -0.39 is 17.8 Å². The van der Waals surface area contributed by atoms with Crippen LogP contribution in [0.25, 0.3) is 0 Å². The lowest BCUT2D eigenvalue weighted by Crippen LogP contribution is -2.28. The first-order valence-corrected chi connectivity index (χ1v) is 7.11. The molecule has 0 saturated heterocycles. The highest BCUT2D eigenvalue weighted by molar-refractivity contribution is 5.94. The van der Waals surface area contributed by atoms with E-state index in [1.807, 2.05) is 12.1 Å². The fraction of sp³-hybridized carbons (Fsp3) is 0.235. The third kappa shape index (κ3) is 3.09. The average Bonchev–Trinajstić information content (AvgIpc) is 2.99. The predicted molar refractivity (Wildman–Crippen MR) is 79.3 cm³/mol. The maximum atomic E-state index is 13.1. The van der Waals surface area contributed by atoms with Gasteiger partial charge in [0.1, 0.15) is 11.6 Å². The van der Waals surface area contributed by atoms with Crippen LogP contribution in [0.15, 0.2) is 42.5 Å². The molecule has 0 radical (unpaired) electrons. The van der Waals surface area contributed by atoms with Gasteiger partial charge in [0.2, 0.25) is 0 Å². The normalized spacial score (nSPS) is 14.1. The number of halogens is 1. The second-order valence-corrected chi connectivity index (χ2v) is 5.20. The standard InChI is InChI=1S/C17H16FNO3/c18-14-3-1-2-13(9-14)17(21)19-10-15(20)11-4-5-16-12(8-11)6-7-22-16/h1-5,8-9,15,20H,6-7,10H2,(H,19,21). The molecule has 0 fully saturated rings. The molecule has 5 heteroatoms. The average molecular weight is 301 g/mol. The van der Waals surface area contributed by atoms with Crippen molar-refractivity contribution in [3.05, 3.63) is 65.0 Å². The number of hydrogen-bond acceptors (Lipinski definition) is 3. The smallest absolute Gasteiger partial charge is 0.251 e. The summed E-state index contributed by atoms with van der Waals surface area (Å²) in [5.41, 5.74) is 2.02. The van der Waals surface area contributed by atoms with Crippen LogP contribution in [-0.4, -0.2) is 24.2 Å². The fourth-order valence-corrected chi connectivity index (χ4v) is 2.45. The van der Waals surface area contributed by atoms with E-state index in [0.29, 0.717) is 6.61 Å². The monoisotopic (exact) mass is 301 g/mol. The third-order valence-electron chi connectivity index (χ3n) is 3.64. The van der Waals surface area contributed by atoms with E-state index in [1.54, 1.807) is 6.07 Å². The molecule has 0 aliphatic carbocycles. The highest BCUT2D eigenvalue weighted by atomic mass is 19.1. The van der Waals surface area contributed by atoms with Crippen LogP contribution >= 0.6 is 0 Å². The first kappa shape index (κ1) is 14.5. The highest BCUT2D eigenvalue weighted by Gasteiger charge is 2.16. The zero-order valence-corrected chi connectivity index (χ0v) is 11.9. The van der Waals surface area contributed by atoms with Gasteiger partial charge in [0.15, 0.2) is 0 Å². The zero-order valence-electron chi connectivity index (χ0n) is 11.9. The summed E-state index contributed by atoms with van der Waals surface area (Å²) in [7, 11) is 0. The van der Waals surface area contributed by atoms with Crippen LogP contribution in [0.1, 0.15) is 27.6 Å². The molecule has 2 aromatic rings. The molecule has 1 unspecified atom stereocenters. The molecule has 0 bridgehead atoms. The number of ether oxygens (including phenoxy) is 1. The van der Waals surface area contributed by atoms with Crippen molar-refractivity contribution < 1.29 is 19.0 Å². The Morgan fingerprint density at radius 2 is 2.18 bits per heavy atom. The van der Waals surface area contributed by atoms with Crippen LogP contribution in [0.5, 0.6) is 5.75 Å². The number of rotatable bonds is 4. The topological polar surface area (TPSA) is 58.6 Å². The van der Waals surface area contributed by atoms with E-state index in [1.165, 1.54) is 18.2 Å². The number of carbonyl (C=O) groups is 1. The van der Waals surface area contributed by atoms with E-state index in [2.05, 4.69) is 5.32 Å². The Balaban J connectivity index is 1.62. The van der Waals surface area contributed by atoms with Gasteiger partial charge in [-0.1, -0.05) is 12.1 Å². The van der Waals surface area contributed by atoms with Crippen molar-refractivity contribution in [2.45, 2.75) is 12.5 Å². The Morgan fingerprint density at radius 3 is 3.00 bits per heavy atom. The van der Waals surface area contributed by atoms with E-state index in [9.17, 15) is 14.3 Å². The van der Waals surface area contributed by atoms with Crippen molar-refractivity contribution >= 4 is 5.91 Å². The van der Waals surface area contributed by atoms with Crippen molar-refractivity contribution in [3.8, 4) is 5.75 Å². The lowest BCUT2D eigenvalue weighted by atomic mass is 10.0. The Kier molecular flexibility index (Phi) is 4.06. The number of carbonyl (C=O) groups excluding carboxylic acids is 1. The number of nitrogens with one attached hydrogen (secondary N) is 1. The van der Waals surface area contributed by atoms with Crippen molar-refractivity contribution in [2.24, 2.45) is 0 Å². The van der Waals surface area contributed by atoms with Crippen LogP contribution in [0.3, 0.4) is 0 Å². The Morgan fingerprint density at radius 1 is 1.32 bits per heavy atom. The summed E-state index contributed by atoms with van der Waals surface area (Å²) in [4.78, 5) is 11.9. The second-order valence-electron chi connectivity index (χ2n) is 5.20. The summed E-state index contributed by atoms with van der Waals surface area (Å²) in [6, 6.07) is 10.9. The molecule has 1 atom stereocenters. The van der Waals surface area contributed by atoms with E-state index in [4.69, 9.17) is 4.74 Å². The quantitative estimate of drug-likeness (QED) is 0.910. The van der Waals surface area contributed by atoms with Gasteiger partial charge in [-0.15, -0.1) is 0 Å². The van der Waals surface area contributed by atoms with Gasteiger partial charge in [-0.05, 0) is 41.5 Å². The Hall–Kier alpha value is -2.40. The van der Waals surface area contributed by atoms with E-state index in [0.717, 1.165) is 29.4 Å². The van der Waals surface area contributed by atoms with Crippen molar-refractivity contribution in [3.63, 3.8) is 0 Å². The molecule has 22 heavy (non-hydrogen) atoms. The third-order valence-corrected chi connectivity index (χ3v) is 3.64. The summed E-state index contributed by atoms with van der Waals surface area (Å²) < 4.78 is 18.5. The van der Waals surface area contributed by atoms with Crippen LogP contribution in [-0.2, 0) is 6.42 Å². The molecule has 1 aliphatic heterocycles. The van der Waals surface area contributed by atoms with Gasteiger partial charge in [0.25, 0.3) is 5.91 Å². The molecule has 3 rings (SSSR count). The van der Waals surface area contributed by atoms with Gasteiger partial charge >= 0.3 is 0 Å². The number of benzene rings is 2. The molecule has 1 amide bonds. The minimum Gasteiger partial charge on any atom is -0.493 e. The summed E-state index contributed by atoms with van der Waals surface area (Å²) in [5, 5.41) is 12.8. The number of amides is 1. The molecule has 4 nitrogen and oxygen atoms in total. The van der Waals surface area contributed by atoms with Gasteiger partial charge < -0.3 is 15.2 Å². The van der Waals surface area contributed by atoms with Crippen molar-refractivity contribution in [2.75, 3.05) is 13.2 Å². The molecule has 114 valence electrons. The Labute approximate surface area is 127 Å². The minimum atomic E-state index is -0.816. The van der Waals surface area contributed by atoms with Crippen molar-refractivity contribution in [1.29, 1.82) is 0 Å². The van der Waals surface area contributed by atoms with Crippen LogP contribution in [0.4, 0.5) is 4.39 Å². The molecular weight excluding hydrogens is 285 g/mol. The summed E-state index contributed by atoms with van der Waals surface area (Å²) in [6.07, 6.45) is 0.00866. The van der Waals surface area contributed by atoms with Gasteiger partial charge in [0, 0.05) is 18.5 Å². The molecule has 0 aromatic heterocycles. The van der Waals surface area contributed by atoms with E-state index in [-0.39, 0.29) is 12.1 Å². The van der Waals surface area contributed by atoms with Gasteiger partial charge in [-0.3, -0.25) is 4.79 Å². The number of aliphatic hydroxyl groups excluding tert-OH is 1. The van der Waals surface area contributed by atoms with Crippen molar-refractivity contribution in [1.82, 2.24) is 5.32 Å². The molecule has 0 spiro atoms. The maximum Gasteiger partial charge on any atom is 0.251 e. The second kappa shape index (κ2) is 6.15. The summed E-state index contributed by atoms with van der Waals surface area (Å²) in [6.45, 7) is 0.722. The zero-order chi connectivity index (χ0) is 15.5. The lowest BCUT2D eigenvalue weighted by Gasteiger charge is -2.13. The van der Waals surface area contributed by atoms with Gasteiger partial charge in [0.05, 0.1) is 12.7 Å². The highest BCUT2D eigenvalue weighted by Crippen LogP contribution is 2.28. The molecule has 1 aliphatic rings. The van der Waals surface area contributed by atoms with Crippen LogP contribution < -0.4 is 10.1 Å². The maximum absolute atomic E-state index is 13.1. The summed E-state index contributed by atoms with van der Waals surface area (Å²) >= 11 is 0. The van der Waals surface area contributed by atoms with Gasteiger partial charge in [-0.25, -0.2) is 4.39 Å². The molecule has 0 saturated carbocycles. The minimum absolute atomic E-state index is 0.0645. The fourth-order valence-electron chi connectivity index (χ4n) is 2.45. The lowest BCUT2D eigenvalue weighted by molar-refractivity contribution is 0.0916. The number of aliphatic hydroxyl groups is 1. The largest absolute Gasteiger partial charge is 0.493 e. The molecule has 1 heterocycles. The number of fused-ring (bicyclic) bond motifs is 1. The first-order valence-electron chi connectivity index (χ1n) is 7.11.